The molecule has 198 valence electrons. The molecular weight excluding hydrogens is 503 g/mol. The number of rotatable bonds is 7. The maximum atomic E-state index is 13.2. The van der Waals surface area contributed by atoms with Gasteiger partial charge < -0.3 is 9.88 Å². The van der Waals surface area contributed by atoms with Crippen molar-refractivity contribution < 1.29 is 17.6 Å². The number of nitrogens with zero attached hydrogens (tertiary/aromatic N) is 2. The topological polar surface area (TPSA) is 93.1 Å². The average molecular weight is 535 g/mol. The van der Waals surface area contributed by atoms with Crippen LogP contribution in [0.3, 0.4) is 0 Å². The Hall–Kier alpha value is -3.56. The van der Waals surface area contributed by atoms with E-state index in [0.717, 1.165) is 22.5 Å². The number of amides is 1. The lowest BCUT2D eigenvalue weighted by molar-refractivity contribution is -0.126. The molecule has 2 N–H and O–H groups in total. The highest BCUT2D eigenvalue weighted by Crippen LogP contribution is 2.28. The van der Waals surface area contributed by atoms with Crippen molar-refractivity contribution >= 4 is 27.0 Å². The SMILES string of the molecule is C[C@@H](NC(=O)C1CCC(NS(=O)(=O)c2ccc3c(c2)nc(-c2ccccc2)n3C)CC1)c1ccc(F)cc1. The number of carbonyl (C=O) groups is 1. The van der Waals surface area contributed by atoms with Crippen LogP contribution < -0.4 is 10.0 Å². The number of carbonyl (C=O) groups excluding carboxylic acids is 1. The highest BCUT2D eigenvalue weighted by molar-refractivity contribution is 7.89. The molecular formula is C29H31FN4O3S. The maximum Gasteiger partial charge on any atom is 0.240 e. The number of sulfonamides is 1. The highest BCUT2D eigenvalue weighted by Gasteiger charge is 2.30. The van der Waals surface area contributed by atoms with Crippen molar-refractivity contribution in [1.82, 2.24) is 19.6 Å². The van der Waals surface area contributed by atoms with Gasteiger partial charge in [-0.2, -0.15) is 0 Å². The Balaban J connectivity index is 1.21. The van der Waals surface area contributed by atoms with Crippen molar-refractivity contribution in [1.29, 1.82) is 0 Å². The number of halogens is 1. The Bertz CT molecular complexity index is 1540. The van der Waals surface area contributed by atoms with E-state index < -0.39 is 10.0 Å². The minimum Gasteiger partial charge on any atom is -0.349 e. The van der Waals surface area contributed by atoms with E-state index in [1.807, 2.05) is 48.9 Å². The molecule has 1 amide bonds. The largest absolute Gasteiger partial charge is 0.349 e. The quantitative estimate of drug-likeness (QED) is 0.345. The predicted octanol–water partition coefficient (Wildman–Crippen LogP) is 5.09. The van der Waals surface area contributed by atoms with Gasteiger partial charge in [-0.15, -0.1) is 0 Å². The lowest BCUT2D eigenvalue weighted by atomic mass is 9.85. The van der Waals surface area contributed by atoms with Crippen LogP contribution in [0.25, 0.3) is 22.4 Å². The fraction of sp³-hybridized carbons (Fsp3) is 0.310. The standard InChI is InChI=1S/C29H31FN4O3S/c1-19(20-8-12-23(30)13-9-20)31-29(35)22-10-14-24(15-11-22)33-38(36,37)25-16-17-27-26(18-25)32-28(34(27)2)21-6-4-3-5-7-21/h3-9,12-13,16-19,22,24,33H,10-11,14-15H2,1-2H3,(H,31,35)/t19-,22?,24?/m1/s1. The van der Waals surface area contributed by atoms with Gasteiger partial charge in [0.05, 0.1) is 22.0 Å². The molecule has 0 unspecified atom stereocenters. The first-order chi connectivity index (χ1) is 18.2. The zero-order valence-corrected chi connectivity index (χ0v) is 22.2. The van der Waals surface area contributed by atoms with Crippen LogP contribution in [0.1, 0.15) is 44.2 Å². The molecule has 1 aliphatic carbocycles. The molecule has 1 saturated carbocycles. The van der Waals surface area contributed by atoms with Gasteiger partial charge in [-0.1, -0.05) is 42.5 Å². The number of hydrogen-bond donors (Lipinski definition) is 2. The number of hydrogen-bond acceptors (Lipinski definition) is 4. The Labute approximate surface area is 222 Å². The molecule has 1 heterocycles. The fourth-order valence-corrected chi connectivity index (χ4v) is 6.44. The summed E-state index contributed by atoms with van der Waals surface area (Å²) >= 11 is 0. The molecule has 1 atom stereocenters. The summed E-state index contributed by atoms with van der Waals surface area (Å²) in [4.78, 5) is 17.7. The van der Waals surface area contributed by atoms with Crippen molar-refractivity contribution in [2.75, 3.05) is 0 Å². The predicted molar refractivity (Wildman–Crippen MR) is 145 cm³/mol. The second-order valence-electron chi connectivity index (χ2n) is 9.96. The molecule has 0 bridgehead atoms. The van der Waals surface area contributed by atoms with Crippen molar-refractivity contribution in [3.8, 4) is 11.4 Å². The molecule has 9 heteroatoms. The van der Waals surface area contributed by atoms with E-state index in [4.69, 9.17) is 4.98 Å². The molecule has 5 rings (SSSR count). The van der Waals surface area contributed by atoms with Crippen LogP contribution in [-0.4, -0.2) is 29.9 Å². The van der Waals surface area contributed by atoms with E-state index in [0.29, 0.717) is 31.2 Å². The molecule has 4 aromatic rings. The number of benzene rings is 3. The second kappa shape index (κ2) is 10.7. The zero-order valence-electron chi connectivity index (χ0n) is 21.4. The lowest BCUT2D eigenvalue weighted by Crippen LogP contribution is -2.41. The van der Waals surface area contributed by atoms with Crippen LogP contribution in [0.2, 0.25) is 0 Å². The first-order valence-electron chi connectivity index (χ1n) is 12.8. The minimum absolute atomic E-state index is 0.0574. The smallest absolute Gasteiger partial charge is 0.240 e. The third kappa shape index (κ3) is 5.49. The first-order valence-corrected chi connectivity index (χ1v) is 14.3. The Kier molecular flexibility index (Phi) is 7.32. The summed E-state index contributed by atoms with van der Waals surface area (Å²) in [5, 5.41) is 3.00. The summed E-state index contributed by atoms with van der Waals surface area (Å²) in [6.45, 7) is 1.87. The highest BCUT2D eigenvalue weighted by atomic mass is 32.2. The van der Waals surface area contributed by atoms with E-state index >= 15 is 0 Å². The van der Waals surface area contributed by atoms with Crippen LogP contribution in [0.15, 0.2) is 77.7 Å². The summed E-state index contributed by atoms with van der Waals surface area (Å²) in [6, 6.07) is 20.4. The van der Waals surface area contributed by atoms with Gasteiger partial charge in [0.15, 0.2) is 0 Å². The van der Waals surface area contributed by atoms with Crippen LogP contribution in [-0.2, 0) is 21.9 Å². The van der Waals surface area contributed by atoms with Gasteiger partial charge in [-0.25, -0.2) is 22.5 Å². The molecule has 0 saturated heterocycles. The van der Waals surface area contributed by atoms with Gasteiger partial charge in [0.1, 0.15) is 11.6 Å². The van der Waals surface area contributed by atoms with E-state index in [-0.39, 0.29) is 34.6 Å². The number of imidazole rings is 1. The molecule has 38 heavy (non-hydrogen) atoms. The van der Waals surface area contributed by atoms with Gasteiger partial charge in [0.2, 0.25) is 15.9 Å². The van der Waals surface area contributed by atoms with Crippen LogP contribution >= 0.6 is 0 Å². The normalized spacial score (nSPS) is 18.8. The van der Waals surface area contributed by atoms with Gasteiger partial charge >= 0.3 is 0 Å². The monoisotopic (exact) mass is 534 g/mol. The number of aryl methyl sites for hydroxylation is 1. The maximum absolute atomic E-state index is 13.2. The third-order valence-corrected chi connectivity index (χ3v) is 8.86. The number of nitrogens with one attached hydrogen (secondary N) is 2. The first kappa shape index (κ1) is 26.1. The Morgan fingerprint density at radius 1 is 1.00 bits per heavy atom. The summed E-state index contributed by atoms with van der Waals surface area (Å²) < 4.78 is 44.4. The summed E-state index contributed by atoms with van der Waals surface area (Å²) in [6.07, 6.45) is 2.34. The van der Waals surface area contributed by atoms with Gasteiger partial charge in [0, 0.05) is 24.6 Å². The van der Waals surface area contributed by atoms with E-state index in [2.05, 4.69) is 10.0 Å². The average Bonchev–Trinajstić information content (AvgIpc) is 3.25. The molecule has 0 radical (unpaired) electrons. The summed E-state index contributed by atoms with van der Waals surface area (Å²) in [5.74, 6) is 0.219. The fourth-order valence-electron chi connectivity index (χ4n) is 5.12. The molecule has 7 nitrogen and oxygen atoms in total. The molecule has 0 aliphatic heterocycles. The molecule has 1 aromatic heterocycles. The van der Waals surface area contributed by atoms with Crippen molar-refractivity contribution in [3.05, 3.63) is 84.2 Å². The number of fused-ring (bicyclic) bond motifs is 1. The third-order valence-electron chi connectivity index (χ3n) is 7.34. The van der Waals surface area contributed by atoms with E-state index in [1.54, 1.807) is 30.3 Å². The van der Waals surface area contributed by atoms with Crippen LogP contribution in [0.5, 0.6) is 0 Å². The number of aromatic nitrogens is 2. The van der Waals surface area contributed by atoms with E-state index in [9.17, 15) is 17.6 Å². The van der Waals surface area contributed by atoms with Crippen LogP contribution in [0, 0.1) is 11.7 Å². The lowest BCUT2D eigenvalue weighted by Gasteiger charge is -2.29. The van der Waals surface area contributed by atoms with Crippen molar-refractivity contribution in [3.63, 3.8) is 0 Å². The molecule has 1 aliphatic rings. The molecule has 1 fully saturated rings. The molecule has 0 spiro atoms. The second-order valence-corrected chi connectivity index (χ2v) is 11.7. The molecule has 3 aromatic carbocycles. The summed E-state index contributed by atoms with van der Waals surface area (Å²) in [5.41, 5.74) is 3.26. The summed E-state index contributed by atoms with van der Waals surface area (Å²) in [7, 11) is -1.83. The van der Waals surface area contributed by atoms with E-state index in [1.165, 1.54) is 12.1 Å². The zero-order chi connectivity index (χ0) is 26.9. The Morgan fingerprint density at radius 3 is 2.37 bits per heavy atom. The van der Waals surface area contributed by atoms with Crippen LogP contribution in [0.4, 0.5) is 4.39 Å². The van der Waals surface area contributed by atoms with Crippen molar-refractivity contribution in [2.45, 2.75) is 49.6 Å². The minimum atomic E-state index is -3.75. The van der Waals surface area contributed by atoms with Gasteiger partial charge in [-0.05, 0) is 68.5 Å². The van der Waals surface area contributed by atoms with Gasteiger partial charge in [-0.3, -0.25) is 4.79 Å². The van der Waals surface area contributed by atoms with Crippen molar-refractivity contribution in [2.24, 2.45) is 13.0 Å². The van der Waals surface area contributed by atoms with Gasteiger partial charge in [0.25, 0.3) is 0 Å². The Morgan fingerprint density at radius 2 is 1.68 bits per heavy atom.